The number of nitro benzene ring substituents is 1. The molecule has 1 heterocycles. The standard InChI is InChI=1S/C40H40BrF3N2O6/c1-6-51-33-17-24(16-26(41)37(33)52-32-13-12-25(40(42,43)44)18-27(32)46(49)50)34-35-28(19-38(2,3)21-30(35)47)45(15-14-23-10-8-7-9-11-23)29-20-39(4,5)22-31(48)36(29)34/h7-13,16-18,34H,6,14-15,19-22H2,1-5H3. The van der Waals surface area contributed by atoms with Crippen molar-refractivity contribution in [3.8, 4) is 17.2 Å². The minimum atomic E-state index is -4.79. The van der Waals surface area contributed by atoms with E-state index in [0.717, 1.165) is 23.0 Å². The van der Waals surface area contributed by atoms with Gasteiger partial charge < -0.3 is 14.4 Å². The maximum absolute atomic E-state index is 14.3. The van der Waals surface area contributed by atoms with Gasteiger partial charge in [0.25, 0.3) is 0 Å². The van der Waals surface area contributed by atoms with E-state index in [0.29, 0.717) is 67.5 Å². The molecule has 0 saturated heterocycles. The minimum absolute atomic E-state index is 0.00405. The monoisotopic (exact) mass is 780 g/mol. The first-order valence-corrected chi connectivity index (χ1v) is 18.0. The van der Waals surface area contributed by atoms with Crippen LogP contribution in [0.3, 0.4) is 0 Å². The number of benzene rings is 3. The van der Waals surface area contributed by atoms with Crippen LogP contribution >= 0.6 is 15.9 Å². The van der Waals surface area contributed by atoms with E-state index in [-0.39, 0.29) is 45.0 Å². The van der Waals surface area contributed by atoms with Crippen LogP contribution in [0.2, 0.25) is 0 Å². The van der Waals surface area contributed by atoms with Crippen LogP contribution in [0.25, 0.3) is 0 Å². The molecule has 0 bridgehead atoms. The predicted molar refractivity (Wildman–Crippen MR) is 193 cm³/mol. The number of halogens is 4. The topological polar surface area (TPSA) is 99.0 Å². The van der Waals surface area contributed by atoms with E-state index in [4.69, 9.17) is 9.47 Å². The van der Waals surface area contributed by atoms with Gasteiger partial charge in [0, 0.05) is 53.9 Å². The summed E-state index contributed by atoms with van der Waals surface area (Å²) in [6.07, 6.45) is -2.22. The first-order chi connectivity index (χ1) is 24.4. The lowest BCUT2D eigenvalue weighted by Gasteiger charge is -2.49. The number of hydrogen-bond donors (Lipinski definition) is 0. The highest BCUT2D eigenvalue weighted by Gasteiger charge is 2.49. The summed E-state index contributed by atoms with van der Waals surface area (Å²) in [7, 11) is 0. The summed E-state index contributed by atoms with van der Waals surface area (Å²) in [6.45, 7) is 10.8. The molecule has 3 aromatic rings. The molecule has 0 atom stereocenters. The molecule has 3 aliphatic rings. The average molecular weight is 782 g/mol. The molecule has 0 aromatic heterocycles. The molecule has 12 heteroatoms. The van der Waals surface area contributed by atoms with Gasteiger partial charge in [-0.25, -0.2) is 0 Å². The first-order valence-electron chi connectivity index (χ1n) is 17.2. The summed E-state index contributed by atoms with van der Waals surface area (Å²) in [5.74, 6) is -1.06. The number of Topliss-reactive ketones (excluding diaryl/α,β-unsaturated/α-hetero) is 2. The van der Waals surface area contributed by atoms with E-state index < -0.39 is 34.0 Å². The SMILES string of the molecule is CCOc1cc(C2C3=C(CC(C)(C)CC3=O)N(CCc3ccccc3)C3=C2C(=O)CC(C)(C)C3)cc(Br)c1Oc1ccc(C(F)(F)F)cc1[N+](=O)[O-]. The molecule has 274 valence electrons. The number of carbonyl (C=O) groups excluding carboxylic acids is 2. The van der Waals surface area contributed by atoms with Crippen LogP contribution in [0, 0.1) is 20.9 Å². The second-order valence-corrected chi connectivity index (χ2v) is 16.1. The Bertz CT molecular complexity index is 1960. The van der Waals surface area contributed by atoms with Crippen LogP contribution in [0.1, 0.15) is 82.9 Å². The average Bonchev–Trinajstić information content (AvgIpc) is 3.04. The highest BCUT2D eigenvalue weighted by atomic mass is 79.9. The zero-order chi connectivity index (χ0) is 37.7. The van der Waals surface area contributed by atoms with Crippen molar-refractivity contribution >= 4 is 33.2 Å². The molecule has 52 heavy (non-hydrogen) atoms. The Labute approximate surface area is 309 Å². The molecule has 0 N–H and O–H groups in total. The van der Waals surface area contributed by atoms with Crippen molar-refractivity contribution in [1.82, 2.24) is 4.90 Å². The molecule has 6 rings (SSSR count). The van der Waals surface area contributed by atoms with E-state index in [1.807, 2.05) is 18.2 Å². The quantitative estimate of drug-likeness (QED) is 0.157. The number of ether oxygens (including phenoxy) is 2. The number of carbonyl (C=O) groups is 2. The van der Waals surface area contributed by atoms with Gasteiger partial charge in [-0.05, 0) is 88.3 Å². The van der Waals surface area contributed by atoms with Gasteiger partial charge in [-0.3, -0.25) is 19.7 Å². The van der Waals surface area contributed by atoms with Crippen molar-refractivity contribution in [2.24, 2.45) is 10.8 Å². The Hall–Kier alpha value is -4.45. The third-order valence-electron chi connectivity index (χ3n) is 9.85. The summed E-state index contributed by atoms with van der Waals surface area (Å²) in [4.78, 5) is 41.8. The van der Waals surface area contributed by atoms with Crippen molar-refractivity contribution in [3.05, 3.63) is 114 Å². The van der Waals surface area contributed by atoms with Gasteiger partial charge in [-0.2, -0.15) is 13.2 Å². The van der Waals surface area contributed by atoms with Gasteiger partial charge in [0.05, 0.1) is 21.6 Å². The molecule has 2 aliphatic carbocycles. The molecule has 8 nitrogen and oxygen atoms in total. The molecular formula is C40H40BrF3N2O6. The van der Waals surface area contributed by atoms with Gasteiger partial charge in [-0.1, -0.05) is 58.0 Å². The first kappa shape index (κ1) is 37.3. The zero-order valence-corrected chi connectivity index (χ0v) is 31.2. The lowest BCUT2D eigenvalue weighted by molar-refractivity contribution is -0.385. The summed E-state index contributed by atoms with van der Waals surface area (Å²) in [5.41, 5.74) is 2.00. The van der Waals surface area contributed by atoms with Crippen molar-refractivity contribution < 1.29 is 37.2 Å². The van der Waals surface area contributed by atoms with Crippen LogP contribution in [-0.4, -0.2) is 34.5 Å². The molecule has 0 amide bonds. The summed E-state index contributed by atoms with van der Waals surface area (Å²) >= 11 is 3.54. The molecule has 0 fully saturated rings. The van der Waals surface area contributed by atoms with E-state index in [1.165, 1.54) is 0 Å². The molecule has 0 unspecified atom stereocenters. The summed E-state index contributed by atoms with van der Waals surface area (Å²) in [6, 6.07) is 15.5. The van der Waals surface area contributed by atoms with Gasteiger partial charge in [-0.15, -0.1) is 0 Å². The minimum Gasteiger partial charge on any atom is -0.490 e. The summed E-state index contributed by atoms with van der Waals surface area (Å²) < 4.78 is 52.5. The van der Waals surface area contributed by atoms with E-state index in [1.54, 1.807) is 19.1 Å². The van der Waals surface area contributed by atoms with Crippen LogP contribution in [0.4, 0.5) is 18.9 Å². The molecule has 0 spiro atoms. The Kier molecular flexibility index (Phi) is 9.93. The zero-order valence-electron chi connectivity index (χ0n) is 29.7. The fourth-order valence-corrected chi connectivity index (χ4v) is 8.23. The Morgan fingerprint density at radius 2 is 1.48 bits per heavy atom. The Morgan fingerprint density at radius 3 is 2.02 bits per heavy atom. The molecule has 0 radical (unpaired) electrons. The number of hydrogen-bond acceptors (Lipinski definition) is 7. The third kappa shape index (κ3) is 7.40. The highest BCUT2D eigenvalue weighted by molar-refractivity contribution is 9.10. The second-order valence-electron chi connectivity index (χ2n) is 15.2. The largest absolute Gasteiger partial charge is 0.490 e. The normalized spacial score (nSPS) is 18.7. The Balaban J connectivity index is 1.51. The number of nitro groups is 1. The van der Waals surface area contributed by atoms with Crippen molar-refractivity contribution in [2.75, 3.05) is 13.2 Å². The van der Waals surface area contributed by atoms with Crippen molar-refractivity contribution in [2.45, 2.75) is 78.8 Å². The molecule has 1 aliphatic heterocycles. The highest BCUT2D eigenvalue weighted by Crippen LogP contribution is 2.56. The van der Waals surface area contributed by atoms with Gasteiger partial charge in [0.1, 0.15) is 0 Å². The molecule has 0 saturated carbocycles. The predicted octanol–water partition coefficient (Wildman–Crippen LogP) is 10.5. The van der Waals surface area contributed by atoms with Gasteiger partial charge in [0.15, 0.2) is 23.1 Å². The van der Waals surface area contributed by atoms with E-state index in [9.17, 15) is 32.9 Å². The number of nitrogens with zero attached hydrogens (tertiary/aromatic N) is 2. The van der Waals surface area contributed by atoms with Crippen LogP contribution in [0.15, 0.2) is 87.7 Å². The fourth-order valence-electron chi connectivity index (χ4n) is 7.69. The van der Waals surface area contributed by atoms with E-state index >= 15 is 0 Å². The maximum atomic E-state index is 14.3. The number of alkyl halides is 3. The van der Waals surface area contributed by atoms with Gasteiger partial charge in [0.2, 0.25) is 5.75 Å². The van der Waals surface area contributed by atoms with Crippen LogP contribution in [-0.2, 0) is 22.2 Å². The smallest absolute Gasteiger partial charge is 0.416 e. The van der Waals surface area contributed by atoms with Crippen molar-refractivity contribution in [3.63, 3.8) is 0 Å². The lowest BCUT2D eigenvalue weighted by Crippen LogP contribution is -2.45. The van der Waals surface area contributed by atoms with Crippen LogP contribution < -0.4 is 9.47 Å². The third-order valence-corrected chi connectivity index (χ3v) is 10.4. The van der Waals surface area contributed by atoms with Crippen molar-refractivity contribution in [1.29, 1.82) is 0 Å². The number of ketones is 2. The number of allylic oxidation sites excluding steroid dienone is 4. The second kappa shape index (κ2) is 13.8. The Morgan fingerprint density at radius 1 is 0.885 bits per heavy atom. The summed E-state index contributed by atoms with van der Waals surface area (Å²) in [5, 5.41) is 11.9. The van der Waals surface area contributed by atoms with E-state index in [2.05, 4.69) is 60.7 Å². The molecule has 3 aromatic carbocycles. The fraction of sp³-hybridized carbons (Fsp3) is 0.400. The lowest BCUT2D eigenvalue weighted by atomic mass is 9.63. The van der Waals surface area contributed by atoms with Crippen LogP contribution in [0.5, 0.6) is 17.2 Å². The number of rotatable bonds is 9. The van der Waals surface area contributed by atoms with Gasteiger partial charge >= 0.3 is 11.9 Å². The molecular weight excluding hydrogens is 741 g/mol. The maximum Gasteiger partial charge on any atom is 0.416 e.